The van der Waals surface area contributed by atoms with Gasteiger partial charge in [0.05, 0.1) is 0 Å². The lowest BCUT2D eigenvalue weighted by molar-refractivity contribution is 0.0838. The molecule has 0 aromatic carbocycles. The predicted molar refractivity (Wildman–Crippen MR) is 80.4 cm³/mol. The average molecular weight is 265 g/mol. The molecule has 1 saturated heterocycles. The van der Waals surface area contributed by atoms with Crippen LogP contribution in [0.4, 0.5) is 0 Å². The summed E-state index contributed by atoms with van der Waals surface area (Å²) < 4.78 is 0. The molecule has 1 N–H and O–H groups in total. The topological polar surface area (TPSA) is 18.5 Å². The minimum absolute atomic E-state index is 0.591. The summed E-state index contributed by atoms with van der Waals surface area (Å²) in [4.78, 5) is 5.44. The molecule has 0 radical (unpaired) electrons. The fourth-order valence-corrected chi connectivity index (χ4v) is 4.16. The minimum atomic E-state index is 0.591. The summed E-state index contributed by atoms with van der Waals surface area (Å²) in [5.41, 5.74) is 0.591. The monoisotopic (exact) mass is 265 g/mol. The Labute approximate surface area is 118 Å². The van der Waals surface area contributed by atoms with Crippen LogP contribution in [0.25, 0.3) is 0 Å². The first-order valence-electron chi connectivity index (χ1n) is 8.39. The summed E-state index contributed by atoms with van der Waals surface area (Å²) in [6, 6.07) is 0. The van der Waals surface area contributed by atoms with E-state index in [1.807, 2.05) is 0 Å². The van der Waals surface area contributed by atoms with Gasteiger partial charge in [-0.1, -0.05) is 12.8 Å². The normalized spacial score (nSPS) is 28.9. The number of hydrogen-bond donors (Lipinski definition) is 1. The summed E-state index contributed by atoms with van der Waals surface area (Å²) >= 11 is 0. The van der Waals surface area contributed by atoms with E-state index in [9.17, 15) is 0 Å². The molecule has 3 heteroatoms. The lowest BCUT2D eigenvalue weighted by Gasteiger charge is -2.40. The quantitative estimate of drug-likeness (QED) is 0.790. The highest BCUT2D eigenvalue weighted by molar-refractivity contribution is 4.90. The van der Waals surface area contributed by atoms with Crippen molar-refractivity contribution < 1.29 is 0 Å². The zero-order valence-electron chi connectivity index (χ0n) is 12.7. The van der Waals surface area contributed by atoms with Crippen LogP contribution in [0.3, 0.4) is 0 Å². The summed E-state index contributed by atoms with van der Waals surface area (Å²) in [6.45, 7) is 9.17. The van der Waals surface area contributed by atoms with E-state index in [0.29, 0.717) is 5.41 Å². The number of hydrogen-bond acceptors (Lipinski definition) is 3. The van der Waals surface area contributed by atoms with Gasteiger partial charge in [0.2, 0.25) is 0 Å². The number of piperazine rings is 1. The maximum absolute atomic E-state index is 3.45. The van der Waals surface area contributed by atoms with Crippen LogP contribution in [-0.2, 0) is 0 Å². The molecule has 1 aliphatic heterocycles. The maximum atomic E-state index is 3.45. The molecular formula is C16H31N3. The van der Waals surface area contributed by atoms with Gasteiger partial charge >= 0.3 is 0 Å². The second-order valence-electron chi connectivity index (χ2n) is 7.26. The van der Waals surface area contributed by atoms with Gasteiger partial charge in [0, 0.05) is 45.8 Å². The molecule has 0 amide bonds. The number of nitrogens with zero attached hydrogens (tertiary/aromatic N) is 2. The molecule has 1 heterocycles. The molecule has 110 valence electrons. The van der Waals surface area contributed by atoms with Gasteiger partial charge in [-0.25, -0.2) is 0 Å². The third-order valence-electron chi connectivity index (χ3n) is 5.45. The number of nitrogens with one attached hydrogen (secondary N) is 1. The van der Waals surface area contributed by atoms with Crippen molar-refractivity contribution in [2.24, 2.45) is 11.3 Å². The molecule has 3 nitrogen and oxygen atoms in total. The molecule has 0 atom stereocenters. The van der Waals surface area contributed by atoms with E-state index >= 15 is 0 Å². The van der Waals surface area contributed by atoms with Crippen LogP contribution < -0.4 is 5.32 Å². The van der Waals surface area contributed by atoms with Gasteiger partial charge < -0.3 is 15.1 Å². The van der Waals surface area contributed by atoms with Crippen molar-refractivity contribution in [3.05, 3.63) is 0 Å². The Morgan fingerprint density at radius 1 is 1.00 bits per heavy atom. The Morgan fingerprint density at radius 2 is 1.63 bits per heavy atom. The van der Waals surface area contributed by atoms with Crippen LogP contribution >= 0.6 is 0 Å². The molecule has 0 aromatic rings. The molecule has 0 unspecified atom stereocenters. The smallest absolute Gasteiger partial charge is 0.0110 e. The molecule has 0 spiro atoms. The Hall–Kier alpha value is -0.120. The first-order chi connectivity index (χ1) is 9.30. The Kier molecular flexibility index (Phi) is 4.45. The molecule has 0 bridgehead atoms. The van der Waals surface area contributed by atoms with Gasteiger partial charge in [-0.2, -0.15) is 0 Å². The molecule has 19 heavy (non-hydrogen) atoms. The van der Waals surface area contributed by atoms with Crippen molar-refractivity contribution in [3.63, 3.8) is 0 Å². The van der Waals surface area contributed by atoms with Crippen LogP contribution in [0, 0.1) is 11.3 Å². The average Bonchev–Trinajstić information content (AvgIpc) is 3.11. The Bertz CT molecular complexity index is 274. The van der Waals surface area contributed by atoms with Gasteiger partial charge in [0.15, 0.2) is 0 Å². The van der Waals surface area contributed by atoms with Gasteiger partial charge in [-0.05, 0) is 44.1 Å². The zero-order valence-corrected chi connectivity index (χ0v) is 12.7. The van der Waals surface area contributed by atoms with E-state index < -0.39 is 0 Å². The fourth-order valence-electron chi connectivity index (χ4n) is 4.16. The van der Waals surface area contributed by atoms with Crippen molar-refractivity contribution in [3.8, 4) is 0 Å². The van der Waals surface area contributed by atoms with Crippen molar-refractivity contribution in [1.82, 2.24) is 15.1 Å². The highest BCUT2D eigenvalue weighted by Gasteiger charge is 2.36. The molecule has 2 aliphatic carbocycles. The summed E-state index contributed by atoms with van der Waals surface area (Å²) in [5, 5.41) is 3.45. The van der Waals surface area contributed by atoms with Gasteiger partial charge in [0.25, 0.3) is 0 Å². The van der Waals surface area contributed by atoms with Crippen LogP contribution in [0.2, 0.25) is 0 Å². The van der Waals surface area contributed by atoms with Crippen LogP contribution in [0.15, 0.2) is 0 Å². The first kappa shape index (κ1) is 13.8. The van der Waals surface area contributed by atoms with Crippen LogP contribution in [-0.4, -0.2) is 62.7 Å². The third-order valence-corrected chi connectivity index (χ3v) is 5.45. The third kappa shape index (κ3) is 3.71. The van der Waals surface area contributed by atoms with Crippen molar-refractivity contribution in [1.29, 1.82) is 0 Å². The van der Waals surface area contributed by atoms with E-state index in [2.05, 4.69) is 22.2 Å². The van der Waals surface area contributed by atoms with Gasteiger partial charge in [-0.3, -0.25) is 0 Å². The van der Waals surface area contributed by atoms with E-state index in [-0.39, 0.29) is 0 Å². The largest absolute Gasteiger partial charge is 0.319 e. The molecule has 3 fully saturated rings. The Morgan fingerprint density at radius 3 is 2.21 bits per heavy atom. The standard InChI is InChI=1S/C16H31N3/c1-17-13-16(6-2-3-7-16)14-19-10-8-18(9-11-19)12-15-4-5-15/h15,17H,2-14H2,1H3. The SMILES string of the molecule is CNCC1(CN2CCN(CC3CC3)CC2)CCCC1. The summed E-state index contributed by atoms with van der Waals surface area (Å²) in [6.07, 6.45) is 8.76. The van der Waals surface area contributed by atoms with Crippen molar-refractivity contribution in [2.75, 3.05) is 52.9 Å². The van der Waals surface area contributed by atoms with E-state index in [1.165, 1.54) is 84.3 Å². The van der Waals surface area contributed by atoms with Gasteiger partial charge in [0.1, 0.15) is 0 Å². The zero-order chi connectivity index (χ0) is 13.1. The summed E-state index contributed by atoms with van der Waals surface area (Å²) in [7, 11) is 2.12. The Balaban J connectivity index is 1.44. The second-order valence-corrected chi connectivity index (χ2v) is 7.26. The molecule has 0 aromatic heterocycles. The second kappa shape index (κ2) is 6.11. The molecule has 3 rings (SSSR count). The molecular weight excluding hydrogens is 234 g/mol. The highest BCUT2D eigenvalue weighted by Crippen LogP contribution is 2.38. The van der Waals surface area contributed by atoms with Crippen molar-refractivity contribution in [2.45, 2.75) is 38.5 Å². The number of rotatable bonds is 6. The highest BCUT2D eigenvalue weighted by atomic mass is 15.3. The van der Waals surface area contributed by atoms with Crippen molar-refractivity contribution >= 4 is 0 Å². The van der Waals surface area contributed by atoms with E-state index in [1.54, 1.807) is 0 Å². The van der Waals surface area contributed by atoms with Crippen LogP contribution in [0.1, 0.15) is 38.5 Å². The predicted octanol–water partition coefficient (Wildman–Crippen LogP) is 1.79. The van der Waals surface area contributed by atoms with E-state index in [4.69, 9.17) is 0 Å². The van der Waals surface area contributed by atoms with E-state index in [0.717, 1.165) is 5.92 Å². The lowest BCUT2D eigenvalue weighted by Crippen LogP contribution is -2.51. The first-order valence-corrected chi connectivity index (χ1v) is 8.39. The summed E-state index contributed by atoms with van der Waals surface area (Å²) in [5.74, 6) is 1.05. The lowest BCUT2D eigenvalue weighted by atomic mass is 9.85. The molecule has 2 saturated carbocycles. The fraction of sp³-hybridized carbons (Fsp3) is 1.00. The van der Waals surface area contributed by atoms with Gasteiger partial charge in [-0.15, -0.1) is 0 Å². The maximum Gasteiger partial charge on any atom is 0.0110 e. The van der Waals surface area contributed by atoms with Crippen LogP contribution in [0.5, 0.6) is 0 Å². The molecule has 3 aliphatic rings. The minimum Gasteiger partial charge on any atom is -0.319 e.